The van der Waals surface area contributed by atoms with Crippen LogP contribution in [-0.4, -0.2) is 0 Å². The summed E-state index contributed by atoms with van der Waals surface area (Å²) in [7, 11) is 0. The van der Waals surface area contributed by atoms with Crippen LogP contribution in [-0.2, 0) is 19.3 Å². The van der Waals surface area contributed by atoms with Crippen molar-refractivity contribution >= 4 is 15.9 Å². The highest BCUT2D eigenvalue weighted by molar-refractivity contribution is 9.09. The number of halogens is 1. The lowest BCUT2D eigenvalue weighted by Gasteiger charge is -2.21. The Morgan fingerprint density at radius 2 is 1.58 bits per heavy atom. The van der Waals surface area contributed by atoms with Gasteiger partial charge in [0.05, 0.1) is 0 Å². The summed E-state index contributed by atoms with van der Waals surface area (Å²) in [6, 6.07) is 4.86. The lowest BCUT2D eigenvalue weighted by molar-refractivity contribution is 0.552. The molecule has 1 aliphatic carbocycles. The van der Waals surface area contributed by atoms with E-state index in [1.807, 2.05) is 0 Å². The Balaban J connectivity index is 2.43. The van der Waals surface area contributed by atoms with Crippen LogP contribution in [0.25, 0.3) is 0 Å². The molecule has 2 unspecified atom stereocenters. The van der Waals surface area contributed by atoms with Gasteiger partial charge in [-0.3, -0.25) is 0 Å². The number of rotatable bonds is 5. The first-order valence-corrected chi connectivity index (χ1v) is 8.64. The largest absolute Gasteiger partial charge is 0.0835 e. The van der Waals surface area contributed by atoms with Crippen molar-refractivity contribution in [1.82, 2.24) is 0 Å². The van der Waals surface area contributed by atoms with Crippen molar-refractivity contribution in [2.45, 2.75) is 65.1 Å². The maximum absolute atomic E-state index is 4.02. The van der Waals surface area contributed by atoms with E-state index in [-0.39, 0.29) is 0 Å². The Morgan fingerprint density at radius 3 is 1.89 bits per heavy atom. The monoisotopic (exact) mass is 322 g/mol. The summed E-state index contributed by atoms with van der Waals surface area (Å²) in [4.78, 5) is 0.540. The standard InChI is InChI=1S/C18H27Br/c1-6-12-9-13(7-2)16(14(8-3)10-12)17(19)15-11-18(15,4)5/h9-10,15,17H,6-8,11H2,1-5H3. The maximum Gasteiger partial charge on any atom is 0.0434 e. The summed E-state index contributed by atoms with van der Waals surface area (Å²) >= 11 is 4.02. The van der Waals surface area contributed by atoms with Gasteiger partial charge in [-0.25, -0.2) is 0 Å². The van der Waals surface area contributed by atoms with E-state index in [0.29, 0.717) is 10.2 Å². The average Bonchev–Trinajstić information content (AvgIpc) is 3.05. The molecule has 0 aliphatic heterocycles. The maximum atomic E-state index is 4.02. The molecule has 0 aromatic heterocycles. The van der Waals surface area contributed by atoms with E-state index in [2.05, 4.69) is 62.7 Å². The van der Waals surface area contributed by atoms with E-state index in [4.69, 9.17) is 0 Å². The summed E-state index contributed by atoms with van der Waals surface area (Å²) in [6.45, 7) is 11.6. The Bertz CT molecular complexity index is 434. The van der Waals surface area contributed by atoms with Gasteiger partial charge in [-0.1, -0.05) is 62.7 Å². The summed E-state index contributed by atoms with van der Waals surface area (Å²) in [5.74, 6) is 0.801. The van der Waals surface area contributed by atoms with Gasteiger partial charge < -0.3 is 0 Å². The number of hydrogen-bond acceptors (Lipinski definition) is 0. The van der Waals surface area contributed by atoms with Gasteiger partial charge >= 0.3 is 0 Å². The second-order valence-electron chi connectivity index (χ2n) is 6.59. The fourth-order valence-electron chi connectivity index (χ4n) is 3.20. The van der Waals surface area contributed by atoms with Gasteiger partial charge in [0.15, 0.2) is 0 Å². The number of aryl methyl sites for hydroxylation is 3. The van der Waals surface area contributed by atoms with Crippen LogP contribution in [0, 0.1) is 11.3 Å². The van der Waals surface area contributed by atoms with Crippen molar-refractivity contribution in [3.8, 4) is 0 Å². The van der Waals surface area contributed by atoms with Crippen molar-refractivity contribution < 1.29 is 0 Å². The van der Waals surface area contributed by atoms with Crippen LogP contribution in [0.15, 0.2) is 12.1 Å². The first kappa shape index (κ1) is 15.1. The minimum Gasteiger partial charge on any atom is -0.0835 e. The van der Waals surface area contributed by atoms with Crippen molar-refractivity contribution in [2.75, 3.05) is 0 Å². The first-order chi connectivity index (χ1) is 8.94. The lowest BCUT2D eigenvalue weighted by Crippen LogP contribution is -2.07. The summed E-state index contributed by atoms with van der Waals surface area (Å²) in [5.41, 5.74) is 6.72. The van der Waals surface area contributed by atoms with Crippen LogP contribution in [0.5, 0.6) is 0 Å². The minimum absolute atomic E-state index is 0.521. The quantitative estimate of drug-likeness (QED) is 0.596. The Kier molecular flexibility index (Phi) is 4.45. The fraction of sp³-hybridized carbons (Fsp3) is 0.667. The summed E-state index contributed by atoms with van der Waals surface area (Å²) in [5, 5.41) is 0. The molecule has 2 rings (SSSR count). The number of hydrogen-bond donors (Lipinski definition) is 0. The van der Waals surface area contributed by atoms with Crippen LogP contribution in [0.2, 0.25) is 0 Å². The molecule has 0 saturated heterocycles. The molecule has 1 aromatic rings. The smallest absolute Gasteiger partial charge is 0.0434 e. The number of benzene rings is 1. The van der Waals surface area contributed by atoms with Crippen molar-refractivity contribution in [2.24, 2.45) is 11.3 Å². The van der Waals surface area contributed by atoms with Crippen LogP contribution in [0.3, 0.4) is 0 Å². The highest BCUT2D eigenvalue weighted by Crippen LogP contribution is 2.61. The zero-order valence-corrected chi connectivity index (χ0v) is 14.6. The Morgan fingerprint density at radius 1 is 1.11 bits per heavy atom. The second kappa shape index (κ2) is 5.60. The first-order valence-electron chi connectivity index (χ1n) is 7.73. The zero-order valence-electron chi connectivity index (χ0n) is 13.0. The van der Waals surface area contributed by atoms with E-state index in [9.17, 15) is 0 Å². The van der Waals surface area contributed by atoms with Crippen LogP contribution in [0.4, 0.5) is 0 Å². The predicted octanol–water partition coefficient (Wildman–Crippen LogP) is 5.86. The van der Waals surface area contributed by atoms with Crippen molar-refractivity contribution in [3.05, 3.63) is 34.4 Å². The summed E-state index contributed by atoms with van der Waals surface area (Å²) < 4.78 is 0. The molecule has 0 N–H and O–H groups in total. The van der Waals surface area contributed by atoms with Crippen molar-refractivity contribution in [1.29, 1.82) is 0 Å². The van der Waals surface area contributed by atoms with Crippen LogP contribution in [0.1, 0.15) is 68.1 Å². The van der Waals surface area contributed by atoms with Gasteiger partial charge in [0.25, 0.3) is 0 Å². The second-order valence-corrected chi connectivity index (χ2v) is 7.58. The molecule has 2 atom stereocenters. The van der Waals surface area contributed by atoms with Crippen LogP contribution < -0.4 is 0 Å². The molecule has 1 fully saturated rings. The average molecular weight is 323 g/mol. The van der Waals surface area contributed by atoms with E-state index in [0.717, 1.165) is 25.2 Å². The molecule has 1 aliphatic rings. The van der Waals surface area contributed by atoms with E-state index in [1.165, 1.54) is 12.0 Å². The van der Waals surface area contributed by atoms with Gasteiger partial charge in [-0.05, 0) is 59.3 Å². The van der Waals surface area contributed by atoms with E-state index in [1.54, 1.807) is 16.7 Å². The molecular formula is C18H27Br. The van der Waals surface area contributed by atoms with Crippen molar-refractivity contribution in [3.63, 3.8) is 0 Å². The zero-order chi connectivity index (χ0) is 14.2. The molecule has 106 valence electrons. The fourth-order valence-corrected chi connectivity index (χ4v) is 4.69. The molecule has 0 radical (unpaired) electrons. The third-order valence-electron chi connectivity index (χ3n) is 4.80. The molecule has 0 spiro atoms. The Hall–Kier alpha value is -0.300. The SMILES string of the molecule is CCc1cc(CC)c(C(Br)C2CC2(C)C)c(CC)c1. The molecule has 1 aromatic carbocycles. The number of alkyl halides is 1. The van der Waals surface area contributed by atoms with Gasteiger partial charge in [-0.2, -0.15) is 0 Å². The topological polar surface area (TPSA) is 0 Å². The summed E-state index contributed by atoms with van der Waals surface area (Å²) in [6.07, 6.45) is 4.78. The molecule has 0 amide bonds. The predicted molar refractivity (Wildman–Crippen MR) is 88.1 cm³/mol. The third kappa shape index (κ3) is 2.91. The molecule has 0 bridgehead atoms. The molecule has 1 heteroatoms. The molecule has 0 nitrogen and oxygen atoms in total. The lowest BCUT2D eigenvalue weighted by atomic mass is 9.89. The third-order valence-corrected chi connectivity index (χ3v) is 5.90. The molecule has 19 heavy (non-hydrogen) atoms. The minimum atomic E-state index is 0.521. The molecule has 1 saturated carbocycles. The van der Waals surface area contributed by atoms with Gasteiger partial charge in [0.1, 0.15) is 0 Å². The van der Waals surface area contributed by atoms with Crippen LogP contribution >= 0.6 is 15.9 Å². The van der Waals surface area contributed by atoms with Gasteiger partial charge in [0.2, 0.25) is 0 Å². The van der Waals surface area contributed by atoms with E-state index >= 15 is 0 Å². The normalized spacial score (nSPS) is 22.3. The highest BCUT2D eigenvalue weighted by atomic mass is 79.9. The highest BCUT2D eigenvalue weighted by Gasteiger charge is 2.50. The van der Waals surface area contributed by atoms with Gasteiger partial charge in [0, 0.05) is 4.83 Å². The van der Waals surface area contributed by atoms with Gasteiger partial charge in [-0.15, -0.1) is 0 Å². The molecular weight excluding hydrogens is 296 g/mol. The van der Waals surface area contributed by atoms with E-state index < -0.39 is 0 Å². The Labute approximate surface area is 127 Å². The molecule has 0 heterocycles.